The molecule has 0 saturated carbocycles. The Labute approximate surface area is 130 Å². The lowest BCUT2D eigenvalue weighted by molar-refractivity contribution is 0.126. The maximum absolute atomic E-state index is 10.0. The Balaban J connectivity index is 1.79. The molecule has 0 bridgehead atoms. The summed E-state index contributed by atoms with van der Waals surface area (Å²) in [7, 11) is 0. The van der Waals surface area contributed by atoms with Gasteiger partial charge in [0.15, 0.2) is 0 Å². The van der Waals surface area contributed by atoms with E-state index in [1.54, 1.807) is 36.0 Å². The molecule has 3 nitrogen and oxygen atoms in total. The number of aliphatic hydroxyl groups is 1. The van der Waals surface area contributed by atoms with Gasteiger partial charge >= 0.3 is 0 Å². The van der Waals surface area contributed by atoms with Crippen LogP contribution in [0.4, 0.5) is 5.69 Å². The lowest BCUT2D eigenvalue weighted by atomic mass is 10.2. The first kappa shape index (κ1) is 15.7. The molecule has 0 aliphatic rings. The third-order valence-corrected chi connectivity index (χ3v) is 4.40. The zero-order valence-corrected chi connectivity index (χ0v) is 13.2. The summed E-state index contributed by atoms with van der Waals surface area (Å²) in [6, 6.07) is 13.5. The van der Waals surface area contributed by atoms with Gasteiger partial charge in [-0.15, -0.1) is 11.8 Å². The zero-order chi connectivity index (χ0) is 15.2. The van der Waals surface area contributed by atoms with Gasteiger partial charge in [-0.1, -0.05) is 17.7 Å². The number of hydrogen-bond acceptors (Lipinski definition) is 4. The molecule has 0 radical (unpaired) electrons. The maximum atomic E-state index is 10.0. The van der Waals surface area contributed by atoms with Crippen molar-refractivity contribution in [1.29, 1.82) is 0 Å². The lowest BCUT2D eigenvalue weighted by Crippen LogP contribution is -2.20. The Kier molecular flexibility index (Phi) is 5.53. The second-order valence-corrected chi connectivity index (χ2v) is 6.18. The smallest absolute Gasteiger partial charge is 0.119 e. The number of ether oxygens (including phenoxy) is 1. The maximum Gasteiger partial charge on any atom is 0.119 e. The fourth-order valence-corrected chi connectivity index (χ4v) is 2.87. The summed E-state index contributed by atoms with van der Waals surface area (Å²) in [6.07, 6.45) is -0.506. The molecule has 0 aliphatic carbocycles. The zero-order valence-electron chi connectivity index (χ0n) is 12.4. The first-order valence-electron chi connectivity index (χ1n) is 6.91. The standard InChI is InChI=1S/C17H21NO2S/c1-12-3-8-17(13(2)9-12)21-11-15(19)10-20-16-6-4-14(18)5-7-16/h3-9,15,19H,10-11,18H2,1-2H3. The molecule has 2 aromatic carbocycles. The third kappa shape index (κ3) is 4.99. The highest BCUT2D eigenvalue weighted by atomic mass is 32.2. The van der Waals surface area contributed by atoms with Gasteiger partial charge in [-0.3, -0.25) is 0 Å². The van der Waals surface area contributed by atoms with E-state index in [2.05, 4.69) is 32.0 Å². The summed E-state index contributed by atoms with van der Waals surface area (Å²) in [5.74, 6) is 1.33. The quantitative estimate of drug-likeness (QED) is 0.634. The largest absolute Gasteiger partial charge is 0.491 e. The first-order valence-corrected chi connectivity index (χ1v) is 7.89. The number of hydrogen-bond donors (Lipinski definition) is 2. The molecule has 0 amide bonds. The van der Waals surface area contributed by atoms with E-state index in [-0.39, 0.29) is 6.61 Å². The van der Waals surface area contributed by atoms with Crippen LogP contribution in [0.1, 0.15) is 11.1 Å². The second kappa shape index (κ2) is 7.38. The Morgan fingerprint density at radius 1 is 1.14 bits per heavy atom. The highest BCUT2D eigenvalue weighted by Crippen LogP contribution is 2.24. The fourth-order valence-electron chi connectivity index (χ4n) is 1.95. The van der Waals surface area contributed by atoms with Gasteiger partial charge in [0.25, 0.3) is 0 Å². The summed E-state index contributed by atoms with van der Waals surface area (Å²) in [6.45, 7) is 4.45. The average molecular weight is 303 g/mol. The highest BCUT2D eigenvalue weighted by Gasteiger charge is 2.08. The Morgan fingerprint density at radius 2 is 1.86 bits per heavy atom. The van der Waals surface area contributed by atoms with Gasteiger partial charge in [-0.2, -0.15) is 0 Å². The summed E-state index contributed by atoms with van der Waals surface area (Å²) in [5, 5.41) is 10.0. The normalized spacial score (nSPS) is 12.1. The number of nitrogen functional groups attached to an aromatic ring is 1. The van der Waals surface area contributed by atoms with Crippen molar-refractivity contribution in [1.82, 2.24) is 0 Å². The van der Waals surface area contributed by atoms with Crippen molar-refractivity contribution < 1.29 is 9.84 Å². The topological polar surface area (TPSA) is 55.5 Å². The molecule has 0 fully saturated rings. The van der Waals surface area contributed by atoms with Crippen LogP contribution in [0.3, 0.4) is 0 Å². The van der Waals surface area contributed by atoms with E-state index in [0.717, 1.165) is 5.75 Å². The van der Waals surface area contributed by atoms with Crippen LogP contribution in [-0.2, 0) is 0 Å². The van der Waals surface area contributed by atoms with Gasteiger partial charge in [0.05, 0.1) is 6.10 Å². The van der Waals surface area contributed by atoms with E-state index in [9.17, 15) is 5.11 Å². The number of anilines is 1. The summed E-state index contributed by atoms with van der Waals surface area (Å²) < 4.78 is 5.54. The van der Waals surface area contributed by atoms with E-state index in [1.807, 2.05) is 0 Å². The molecule has 112 valence electrons. The fraction of sp³-hybridized carbons (Fsp3) is 0.294. The molecule has 0 aromatic heterocycles. The van der Waals surface area contributed by atoms with E-state index in [1.165, 1.54) is 16.0 Å². The SMILES string of the molecule is Cc1ccc(SCC(O)COc2ccc(N)cc2)c(C)c1. The molecule has 1 unspecified atom stereocenters. The minimum Gasteiger partial charge on any atom is -0.491 e. The molecule has 2 aromatic rings. The van der Waals surface area contributed by atoms with E-state index >= 15 is 0 Å². The van der Waals surface area contributed by atoms with Crippen molar-refractivity contribution in [2.24, 2.45) is 0 Å². The van der Waals surface area contributed by atoms with Crippen molar-refractivity contribution in [2.75, 3.05) is 18.1 Å². The summed E-state index contributed by atoms with van der Waals surface area (Å²) in [5.41, 5.74) is 8.81. The van der Waals surface area contributed by atoms with Crippen molar-refractivity contribution >= 4 is 17.4 Å². The molecule has 0 saturated heterocycles. The predicted molar refractivity (Wildman–Crippen MR) is 89.0 cm³/mol. The Bertz CT molecular complexity index is 584. The number of thioether (sulfide) groups is 1. The molecule has 0 spiro atoms. The van der Waals surface area contributed by atoms with Crippen LogP contribution in [-0.4, -0.2) is 23.6 Å². The highest BCUT2D eigenvalue weighted by molar-refractivity contribution is 7.99. The second-order valence-electron chi connectivity index (χ2n) is 5.11. The van der Waals surface area contributed by atoms with Crippen LogP contribution < -0.4 is 10.5 Å². The Hall–Kier alpha value is -1.65. The number of aliphatic hydroxyl groups excluding tert-OH is 1. The van der Waals surface area contributed by atoms with E-state index < -0.39 is 6.10 Å². The van der Waals surface area contributed by atoms with Gasteiger partial charge in [0.1, 0.15) is 12.4 Å². The van der Waals surface area contributed by atoms with Crippen LogP contribution in [0.15, 0.2) is 47.4 Å². The van der Waals surface area contributed by atoms with Crippen molar-refractivity contribution in [3.63, 3.8) is 0 Å². The van der Waals surface area contributed by atoms with Gasteiger partial charge in [0.2, 0.25) is 0 Å². The van der Waals surface area contributed by atoms with Crippen LogP contribution in [0.5, 0.6) is 5.75 Å². The molecule has 0 heterocycles. The van der Waals surface area contributed by atoms with Gasteiger partial charge in [0, 0.05) is 16.3 Å². The van der Waals surface area contributed by atoms with Crippen LogP contribution >= 0.6 is 11.8 Å². The third-order valence-electron chi connectivity index (χ3n) is 3.08. The molecule has 0 aliphatic heterocycles. The summed E-state index contributed by atoms with van der Waals surface area (Å²) >= 11 is 1.65. The monoisotopic (exact) mass is 303 g/mol. The molecule has 2 rings (SSSR count). The number of aryl methyl sites for hydroxylation is 2. The molecular formula is C17H21NO2S. The van der Waals surface area contributed by atoms with E-state index in [0.29, 0.717) is 11.4 Å². The minimum atomic E-state index is -0.506. The van der Waals surface area contributed by atoms with Gasteiger partial charge in [-0.25, -0.2) is 0 Å². The van der Waals surface area contributed by atoms with Crippen molar-refractivity contribution in [2.45, 2.75) is 24.8 Å². The van der Waals surface area contributed by atoms with Gasteiger partial charge < -0.3 is 15.6 Å². The van der Waals surface area contributed by atoms with E-state index in [4.69, 9.17) is 10.5 Å². The summed E-state index contributed by atoms with van der Waals surface area (Å²) in [4.78, 5) is 1.20. The predicted octanol–water partition coefficient (Wildman–Crippen LogP) is 3.42. The van der Waals surface area contributed by atoms with Crippen molar-refractivity contribution in [3.8, 4) is 5.75 Å². The molecule has 3 N–H and O–H groups in total. The molecular weight excluding hydrogens is 282 g/mol. The Morgan fingerprint density at radius 3 is 2.52 bits per heavy atom. The first-order chi connectivity index (χ1) is 10.0. The van der Waals surface area contributed by atoms with Crippen LogP contribution in [0.2, 0.25) is 0 Å². The van der Waals surface area contributed by atoms with Crippen molar-refractivity contribution in [3.05, 3.63) is 53.6 Å². The number of benzene rings is 2. The average Bonchev–Trinajstić information content (AvgIpc) is 2.46. The number of nitrogens with two attached hydrogens (primary N) is 1. The lowest BCUT2D eigenvalue weighted by Gasteiger charge is -2.13. The van der Waals surface area contributed by atoms with Crippen LogP contribution in [0.25, 0.3) is 0 Å². The van der Waals surface area contributed by atoms with Crippen LogP contribution in [0, 0.1) is 13.8 Å². The molecule has 1 atom stereocenters. The van der Waals surface area contributed by atoms with Gasteiger partial charge in [-0.05, 0) is 49.7 Å². The molecule has 21 heavy (non-hydrogen) atoms. The number of rotatable bonds is 6. The minimum absolute atomic E-state index is 0.280. The molecule has 4 heteroatoms.